The molecule has 0 unspecified atom stereocenters. The van der Waals surface area contributed by atoms with Crippen LogP contribution in [0.5, 0.6) is 0 Å². The van der Waals surface area contributed by atoms with E-state index in [0.29, 0.717) is 13.1 Å². The molecule has 1 fully saturated rings. The van der Waals surface area contributed by atoms with Crippen molar-refractivity contribution in [2.45, 2.75) is 39.2 Å². The van der Waals surface area contributed by atoms with Crippen LogP contribution in [0.1, 0.15) is 33.6 Å². The van der Waals surface area contributed by atoms with Crippen LogP contribution in [0.15, 0.2) is 11.7 Å². The van der Waals surface area contributed by atoms with E-state index in [2.05, 4.69) is 0 Å². The van der Waals surface area contributed by atoms with E-state index in [9.17, 15) is 13.6 Å². The zero-order valence-electron chi connectivity index (χ0n) is 9.85. The molecule has 1 rings (SSSR count). The number of hydrogen-bond donors (Lipinski definition) is 0. The van der Waals surface area contributed by atoms with Crippen LogP contribution in [0.25, 0.3) is 0 Å². The third-order valence-electron chi connectivity index (χ3n) is 2.29. The van der Waals surface area contributed by atoms with Crippen molar-refractivity contribution in [2.75, 3.05) is 13.1 Å². The van der Waals surface area contributed by atoms with Gasteiger partial charge in [-0.2, -0.15) is 8.78 Å². The number of carbonyl (C=O) groups excluding carboxylic acids is 1. The monoisotopic (exact) mass is 233 g/mol. The third-order valence-corrected chi connectivity index (χ3v) is 2.29. The Morgan fingerprint density at radius 1 is 1.25 bits per heavy atom. The summed E-state index contributed by atoms with van der Waals surface area (Å²) < 4.78 is 29.7. The first-order chi connectivity index (χ1) is 7.29. The number of ether oxygens (including phenoxy) is 1. The maximum atomic E-state index is 12.3. The zero-order valence-corrected chi connectivity index (χ0v) is 9.85. The lowest BCUT2D eigenvalue weighted by Gasteiger charge is -2.30. The second kappa shape index (κ2) is 4.80. The van der Waals surface area contributed by atoms with Crippen molar-refractivity contribution in [3.8, 4) is 0 Å². The Morgan fingerprint density at radius 3 is 2.12 bits per heavy atom. The molecule has 3 nitrogen and oxygen atoms in total. The minimum atomic E-state index is -1.61. The van der Waals surface area contributed by atoms with E-state index in [-0.39, 0.29) is 18.4 Å². The molecule has 0 N–H and O–H groups in total. The lowest BCUT2D eigenvalue weighted by molar-refractivity contribution is 0.0233. The molecule has 0 aromatic carbocycles. The molecule has 0 saturated carbocycles. The number of rotatable bonds is 0. The summed E-state index contributed by atoms with van der Waals surface area (Å²) in [6.45, 7) is 5.95. The zero-order chi connectivity index (χ0) is 12.3. The molecule has 1 saturated heterocycles. The maximum absolute atomic E-state index is 12.3. The highest BCUT2D eigenvalue weighted by Crippen LogP contribution is 2.22. The first kappa shape index (κ1) is 12.9. The van der Waals surface area contributed by atoms with Crippen molar-refractivity contribution >= 4 is 6.09 Å². The summed E-state index contributed by atoms with van der Waals surface area (Å²) in [5.74, 6) is 0. The van der Waals surface area contributed by atoms with Crippen LogP contribution < -0.4 is 0 Å². The van der Waals surface area contributed by atoms with Gasteiger partial charge in [-0.1, -0.05) is 0 Å². The summed E-state index contributed by atoms with van der Waals surface area (Å²) in [7, 11) is 0. The topological polar surface area (TPSA) is 29.5 Å². The molecule has 0 aromatic heterocycles. The average molecular weight is 233 g/mol. The van der Waals surface area contributed by atoms with Crippen LogP contribution in [0.4, 0.5) is 13.6 Å². The lowest BCUT2D eigenvalue weighted by Crippen LogP contribution is -2.40. The van der Waals surface area contributed by atoms with Gasteiger partial charge in [0.2, 0.25) is 0 Å². The normalized spacial score (nSPS) is 17.3. The van der Waals surface area contributed by atoms with Crippen molar-refractivity contribution in [2.24, 2.45) is 0 Å². The first-order valence-electron chi connectivity index (χ1n) is 5.30. The fourth-order valence-electron chi connectivity index (χ4n) is 1.47. The van der Waals surface area contributed by atoms with Gasteiger partial charge >= 0.3 is 6.09 Å². The summed E-state index contributed by atoms with van der Waals surface area (Å²) in [5, 5.41) is 0. The molecule has 0 aliphatic carbocycles. The molecule has 1 amide bonds. The summed E-state index contributed by atoms with van der Waals surface area (Å²) in [4.78, 5) is 13.1. The number of nitrogens with zero attached hydrogens (tertiary/aromatic N) is 1. The molecule has 92 valence electrons. The highest BCUT2D eigenvalue weighted by molar-refractivity contribution is 5.68. The molecular formula is C11H17F2NO2. The largest absolute Gasteiger partial charge is 0.444 e. The Kier molecular flexibility index (Phi) is 3.88. The second-order valence-corrected chi connectivity index (χ2v) is 4.83. The second-order valence-electron chi connectivity index (χ2n) is 4.83. The van der Waals surface area contributed by atoms with E-state index in [1.807, 2.05) is 0 Å². The van der Waals surface area contributed by atoms with Crippen molar-refractivity contribution in [1.82, 2.24) is 4.90 Å². The van der Waals surface area contributed by atoms with Crippen LogP contribution in [0.2, 0.25) is 0 Å². The van der Waals surface area contributed by atoms with E-state index in [1.165, 1.54) is 4.90 Å². The molecular weight excluding hydrogens is 216 g/mol. The van der Waals surface area contributed by atoms with Crippen molar-refractivity contribution in [1.29, 1.82) is 0 Å². The predicted octanol–water partition coefficient (Wildman–Crippen LogP) is 3.17. The van der Waals surface area contributed by atoms with Crippen molar-refractivity contribution < 1.29 is 18.3 Å². The molecule has 1 heterocycles. The third kappa shape index (κ3) is 3.79. The van der Waals surface area contributed by atoms with Gasteiger partial charge in [-0.05, 0) is 39.2 Å². The number of amides is 1. The Hall–Kier alpha value is -1.13. The van der Waals surface area contributed by atoms with Gasteiger partial charge in [-0.25, -0.2) is 4.79 Å². The number of hydrogen-bond acceptors (Lipinski definition) is 2. The molecule has 1 aliphatic heterocycles. The SMILES string of the molecule is CC(C)(C)OC(=O)N1CCC(=C(F)F)CC1. The summed E-state index contributed by atoms with van der Waals surface area (Å²) in [6.07, 6.45) is -1.56. The fourth-order valence-corrected chi connectivity index (χ4v) is 1.47. The maximum Gasteiger partial charge on any atom is 0.410 e. The van der Waals surface area contributed by atoms with Gasteiger partial charge in [0.15, 0.2) is 0 Å². The van der Waals surface area contributed by atoms with Gasteiger partial charge in [0, 0.05) is 13.1 Å². The molecule has 1 aliphatic rings. The highest BCUT2D eigenvalue weighted by Gasteiger charge is 2.25. The molecule has 5 heteroatoms. The van der Waals surface area contributed by atoms with Gasteiger partial charge in [0.05, 0.1) is 0 Å². The highest BCUT2D eigenvalue weighted by atomic mass is 19.3. The minimum Gasteiger partial charge on any atom is -0.444 e. The lowest BCUT2D eigenvalue weighted by atomic mass is 10.1. The van der Waals surface area contributed by atoms with Gasteiger partial charge in [-0.3, -0.25) is 0 Å². The minimum absolute atomic E-state index is 0.153. The van der Waals surface area contributed by atoms with Gasteiger partial charge in [-0.15, -0.1) is 0 Å². The number of carbonyl (C=O) groups is 1. The predicted molar refractivity (Wildman–Crippen MR) is 56.3 cm³/mol. The van der Waals surface area contributed by atoms with Gasteiger partial charge in [0.1, 0.15) is 5.60 Å². The van der Waals surface area contributed by atoms with Crippen LogP contribution >= 0.6 is 0 Å². The molecule has 16 heavy (non-hydrogen) atoms. The Bertz CT molecular complexity index is 294. The molecule has 0 radical (unpaired) electrons. The Labute approximate surface area is 94.1 Å². The smallest absolute Gasteiger partial charge is 0.410 e. The summed E-state index contributed by atoms with van der Waals surface area (Å²) >= 11 is 0. The molecule has 0 spiro atoms. The number of halogens is 2. The van der Waals surface area contributed by atoms with Gasteiger partial charge < -0.3 is 9.64 Å². The van der Waals surface area contributed by atoms with E-state index in [4.69, 9.17) is 4.74 Å². The van der Waals surface area contributed by atoms with Crippen LogP contribution in [-0.2, 0) is 4.74 Å². The number of likely N-dealkylation sites (tertiary alicyclic amines) is 1. The van der Waals surface area contributed by atoms with Gasteiger partial charge in [0.25, 0.3) is 6.08 Å². The first-order valence-corrected chi connectivity index (χ1v) is 5.30. The van der Waals surface area contributed by atoms with E-state index < -0.39 is 17.8 Å². The van der Waals surface area contributed by atoms with Crippen molar-refractivity contribution in [3.63, 3.8) is 0 Å². The molecule has 0 atom stereocenters. The standard InChI is InChI=1S/C11H17F2NO2/c1-11(2,3)16-10(15)14-6-4-8(5-7-14)9(12)13/h4-7H2,1-3H3. The van der Waals surface area contributed by atoms with Crippen LogP contribution in [0, 0.1) is 0 Å². The van der Waals surface area contributed by atoms with Crippen LogP contribution in [-0.4, -0.2) is 29.7 Å². The molecule has 0 aromatic rings. The van der Waals surface area contributed by atoms with Crippen LogP contribution in [0.3, 0.4) is 0 Å². The molecule has 0 bridgehead atoms. The van der Waals surface area contributed by atoms with E-state index in [1.54, 1.807) is 20.8 Å². The fraction of sp³-hybridized carbons (Fsp3) is 0.727. The van der Waals surface area contributed by atoms with E-state index in [0.717, 1.165) is 0 Å². The number of piperidine rings is 1. The average Bonchev–Trinajstić information content (AvgIpc) is 2.15. The summed E-state index contributed by atoms with van der Waals surface area (Å²) in [6, 6.07) is 0. The Balaban J connectivity index is 2.49. The van der Waals surface area contributed by atoms with E-state index >= 15 is 0 Å². The Morgan fingerprint density at radius 2 is 1.75 bits per heavy atom. The summed E-state index contributed by atoms with van der Waals surface area (Å²) in [5.41, 5.74) is -0.391. The van der Waals surface area contributed by atoms with Crippen molar-refractivity contribution in [3.05, 3.63) is 11.7 Å². The quantitative estimate of drug-likeness (QED) is 0.643.